The van der Waals surface area contributed by atoms with Gasteiger partial charge in [-0.25, -0.2) is 4.98 Å². The molecule has 0 amide bonds. The van der Waals surface area contributed by atoms with E-state index in [0.717, 1.165) is 73.6 Å². The van der Waals surface area contributed by atoms with Crippen LogP contribution in [0.1, 0.15) is 31.4 Å². The number of anilines is 1. The molecule has 39 heavy (non-hydrogen) atoms. The molecule has 0 saturated carbocycles. The number of thiazole rings is 1. The van der Waals surface area contributed by atoms with Crippen LogP contribution in [0.2, 0.25) is 0 Å². The minimum absolute atomic E-state index is 0.605. The predicted octanol–water partition coefficient (Wildman–Crippen LogP) is 10.4. The molecule has 8 heteroatoms. The second kappa shape index (κ2) is 11.7. The number of benzene rings is 4. The van der Waals surface area contributed by atoms with Crippen molar-refractivity contribution in [2.24, 2.45) is 26.4 Å². The van der Waals surface area contributed by atoms with E-state index in [1.54, 1.807) is 7.11 Å². The Kier molecular flexibility index (Phi) is 7.93. The number of fused-ring (bicyclic) bond motifs is 2. The maximum absolute atomic E-state index is 5.30. The lowest BCUT2D eigenvalue weighted by molar-refractivity contribution is 0.415. The van der Waals surface area contributed by atoms with Gasteiger partial charge in [-0.05, 0) is 73.4 Å². The van der Waals surface area contributed by atoms with Crippen LogP contribution in [-0.4, -0.2) is 18.6 Å². The molecule has 1 unspecified atom stereocenters. The van der Waals surface area contributed by atoms with Gasteiger partial charge >= 0.3 is 0 Å². The average molecular weight is 537 g/mol. The molecule has 0 fully saturated rings. The maximum Gasteiger partial charge on any atom is 0.231 e. The Morgan fingerprint density at radius 3 is 2.26 bits per heavy atom. The summed E-state index contributed by atoms with van der Waals surface area (Å²) < 4.78 is 6.31. The number of methoxy groups -OCH3 is 1. The average Bonchev–Trinajstić information content (AvgIpc) is 3.37. The first-order chi connectivity index (χ1) is 18.9. The summed E-state index contributed by atoms with van der Waals surface area (Å²) in [4.78, 5) is 4.56. The van der Waals surface area contributed by atoms with E-state index in [2.05, 4.69) is 68.9 Å². The van der Waals surface area contributed by atoms with Crippen LogP contribution in [0.3, 0.4) is 0 Å². The van der Waals surface area contributed by atoms with E-state index in [0.29, 0.717) is 11.0 Å². The van der Waals surface area contributed by atoms with Crippen LogP contribution >= 0.6 is 11.3 Å². The first kappa shape index (κ1) is 26.4. The lowest BCUT2D eigenvalue weighted by Gasteiger charge is -2.14. The number of nitrogens with zero attached hydrogens (tertiary/aromatic N) is 5. The molecule has 1 aromatic heterocycles. The van der Waals surface area contributed by atoms with E-state index in [1.165, 1.54) is 11.3 Å². The molecular weight excluding hydrogens is 504 g/mol. The maximum atomic E-state index is 5.30. The summed E-state index contributed by atoms with van der Waals surface area (Å²) in [6.07, 6.45) is 1.15. The smallest absolute Gasteiger partial charge is 0.231 e. The van der Waals surface area contributed by atoms with Crippen LogP contribution < -0.4 is 10.1 Å². The van der Waals surface area contributed by atoms with Gasteiger partial charge in [0, 0.05) is 23.0 Å². The molecule has 0 saturated heterocycles. The third-order valence-corrected chi connectivity index (χ3v) is 7.75. The molecule has 1 N–H and O–H groups in total. The fourth-order valence-corrected chi connectivity index (χ4v) is 5.04. The zero-order valence-electron chi connectivity index (χ0n) is 22.9. The molecular formula is C31H32N6OS. The molecule has 5 aromatic rings. The molecule has 0 bridgehead atoms. The quantitative estimate of drug-likeness (QED) is 0.190. The number of ether oxygens (including phenoxy) is 1. The molecule has 198 valence electrons. The fourth-order valence-electron chi connectivity index (χ4n) is 4.22. The summed E-state index contributed by atoms with van der Waals surface area (Å²) in [6.45, 7) is 9.43. The Balaban J connectivity index is 1.37. The molecule has 1 heterocycles. The molecule has 0 radical (unpaired) electrons. The van der Waals surface area contributed by atoms with Crippen molar-refractivity contribution in [2.45, 2.75) is 34.1 Å². The Morgan fingerprint density at radius 1 is 0.846 bits per heavy atom. The zero-order valence-corrected chi connectivity index (χ0v) is 23.7. The number of rotatable bonds is 9. The summed E-state index contributed by atoms with van der Waals surface area (Å²) in [7, 11) is 1.66. The largest absolute Gasteiger partial charge is 0.497 e. The van der Waals surface area contributed by atoms with Crippen LogP contribution in [0, 0.1) is 19.8 Å². The monoisotopic (exact) mass is 536 g/mol. The van der Waals surface area contributed by atoms with Crippen molar-refractivity contribution >= 4 is 60.2 Å². The van der Waals surface area contributed by atoms with Crippen molar-refractivity contribution in [2.75, 3.05) is 19.0 Å². The molecule has 1 atom stereocenters. The van der Waals surface area contributed by atoms with E-state index in [-0.39, 0.29) is 0 Å². The standard InChI is InChI=1S/C31H32N6OS/c1-6-19(2)18-32-25-13-14-26(24-10-8-7-9-23(24)25)34-35-28-15-21(4)29(16-20(28)3)36-37-31-33-27-12-11-22(38-5)17-30(27)39-31/h7-17,19,32H,6,18H2,1-5H3/b35-34+,37-36+. The van der Waals surface area contributed by atoms with Gasteiger partial charge in [-0.3, -0.25) is 0 Å². The third-order valence-electron chi connectivity index (χ3n) is 6.85. The second-order valence-electron chi connectivity index (χ2n) is 9.73. The Hall–Kier alpha value is -4.17. The number of hydrogen-bond donors (Lipinski definition) is 1. The van der Waals surface area contributed by atoms with Crippen LogP contribution in [0.5, 0.6) is 5.75 Å². The highest BCUT2D eigenvalue weighted by Gasteiger charge is 2.09. The summed E-state index contributed by atoms with van der Waals surface area (Å²) in [5.41, 5.74) is 6.38. The zero-order chi connectivity index (χ0) is 27.4. The lowest BCUT2D eigenvalue weighted by atomic mass is 10.1. The SMILES string of the molecule is CCC(C)CNc1ccc(/N=N/c2cc(C)c(/N=N/c3nc4ccc(OC)cc4s3)cc2C)c2ccccc12. The molecule has 0 aliphatic heterocycles. The predicted molar refractivity (Wildman–Crippen MR) is 162 cm³/mol. The normalized spacial score (nSPS) is 12.6. The first-order valence-electron chi connectivity index (χ1n) is 13.1. The van der Waals surface area contributed by atoms with Gasteiger partial charge in [0.1, 0.15) is 5.75 Å². The van der Waals surface area contributed by atoms with Crippen molar-refractivity contribution < 1.29 is 4.74 Å². The van der Waals surface area contributed by atoms with Gasteiger partial charge in [0.2, 0.25) is 5.13 Å². The summed E-state index contributed by atoms with van der Waals surface area (Å²) >= 11 is 1.48. The van der Waals surface area contributed by atoms with Crippen LogP contribution in [0.15, 0.2) is 87.2 Å². The second-order valence-corrected chi connectivity index (χ2v) is 10.7. The van der Waals surface area contributed by atoms with Crippen molar-refractivity contribution in [3.63, 3.8) is 0 Å². The Bertz CT molecular complexity index is 1690. The van der Waals surface area contributed by atoms with Gasteiger partial charge in [0.15, 0.2) is 0 Å². The minimum Gasteiger partial charge on any atom is -0.497 e. The molecule has 0 aliphatic carbocycles. The Labute approximate surface area is 232 Å². The lowest BCUT2D eigenvalue weighted by Crippen LogP contribution is -2.10. The summed E-state index contributed by atoms with van der Waals surface area (Å²) in [5, 5.41) is 24.6. The van der Waals surface area contributed by atoms with Gasteiger partial charge in [-0.1, -0.05) is 55.9 Å². The summed E-state index contributed by atoms with van der Waals surface area (Å²) in [5.74, 6) is 1.41. The molecule has 4 aromatic carbocycles. The highest BCUT2D eigenvalue weighted by atomic mass is 32.1. The van der Waals surface area contributed by atoms with Crippen LogP contribution in [0.4, 0.5) is 27.9 Å². The van der Waals surface area contributed by atoms with E-state index in [9.17, 15) is 0 Å². The van der Waals surface area contributed by atoms with Crippen molar-refractivity contribution in [3.05, 3.63) is 77.9 Å². The topological polar surface area (TPSA) is 83.6 Å². The van der Waals surface area contributed by atoms with Gasteiger partial charge < -0.3 is 10.1 Å². The van der Waals surface area contributed by atoms with Gasteiger partial charge in [0.05, 0.1) is 34.4 Å². The van der Waals surface area contributed by atoms with Crippen LogP contribution in [-0.2, 0) is 0 Å². The number of hydrogen-bond acceptors (Lipinski definition) is 8. The van der Waals surface area contributed by atoms with E-state index in [4.69, 9.17) is 4.74 Å². The van der Waals surface area contributed by atoms with Crippen molar-refractivity contribution in [1.29, 1.82) is 0 Å². The number of aromatic nitrogens is 1. The minimum atomic E-state index is 0.605. The number of aryl methyl sites for hydroxylation is 2. The number of azo groups is 2. The third kappa shape index (κ3) is 5.96. The fraction of sp³-hybridized carbons (Fsp3) is 0.258. The molecule has 0 aliphatic rings. The Morgan fingerprint density at radius 2 is 1.54 bits per heavy atom. The van der Waals surface area contributed by atoms with Crippen LogP contribution in [0.25, 0.3) is 21.0 Å². The van der Waals surface area contributed by atoms with E-state index in [1.807, 2.05) is 56.3 Å². The van der Waals surface area contributed by atoms with E-state index < -0.39 is 0 Å². The van der Waals surface area contributed by atoms with Gasteiger partial charge in [0.25, 0.3) is 0 Å². The van der Waals surface area contributed by atoms with Gasteiger partial charge in [-0.15, -0.1) is 15.3 Å². The molecule has 5 rings (SSSR count). The number of nitrogens with one attached hydrogen (secondary N) is 1. The highest BCUT2D eigenvalue weighted by Crippen LogP contribution is 2.36. The summed E-state index contributed by atoms with van der Waals surface area (Å²) in [6, 6.07) is 22.2. The molecule has 7 nitrogen and oxygen atoms in total. The van der Waals surface area contributed by atoms with Crippen molar-refractivity contribution in [1.82, 2.24) is 4.98 Å². The van der Waals surface area contributed by atoms with Gasteiger partial charge in [-0.2, -0.15) is 5.11 Å². The van der Waals surface area contributed by atoms with Crippen molar-refractivity contribution in [3.8, 4) is 5.75 Å². The first-order valence-corrected chi connectivity index (χ1v) is 13.9. The van der Waals surface area contributed by atoms with E-state index >= 15 is 0 Å². The highest BCUT2D eigenvalue weighted by molar-refractivity contribution is 7.21. The molecule has 0 spiro atoms.